The van der Waals surface area contributed by atoms with Crippen LogP contribution in [0.25, 0.3) is 16.9 Å². The second-order valence-corrected chi connectivity index (χ2v) is 5.14. The highest BCUT2D eigenvalue weighted by molar-refractivity contribution is 6.30. The second kappa shape index (κ2) is 5.50. The summed E-state index contributed by atoms with van der Waals surface area (Å²) in [6, 6.07) is 15.1. The number of hydrogen-bond acceptors (Lipinski definition) is 3. The maximum Gasteiger partial charge on any atom is 0.172 e. The Labute approximate surface area is 127 Å². The fourth-order valence-electron chi connectivity index (χ4n) is 2.15. The van der Waals surface area contributed by atoms with E-state index in [4.69, 9.17) is 11.6 Å². The number of nitrogens with zero attached hydrogens (tertiary/aromatic N) is 3. The van der Waals surface area contributed by atoms with Crippen molar-refractivity contribution in [2.75, 3.05) is 0 Å². The second-order valence-electron chi connectivity index (χ2n) is 4.70. The first-order valence-electron chi connectivity index (χ1n) is 6.43. The molecule has 21 heavy (non-hydrogen) atoms. The topological polar surface area (TPSA) is 47.8 Å². The summed E-state index contributed by atoms with van der Waals surface area (Å²) in [5.74, 6) is 0. The van der Waals surface area contributed by atoms with E-state index in [1.807, 2.05) is 43.3 Å². The monoisotopic (exact) mass is 297 g/mol. The minimum Gasteiger partial charge on any atom is -0.296 e. The Hall–Kier alpha value is -2.46. The third kappa shape index (κ3) is 2.58. The van der Waals surface area contributed by atoms with Crippen LogP contribution in [0.3, 0.4) is 0 Å². The Balaban J connectivity index is 2.21. The molecule has 3 aromatic rings. The number of halogens is 1. The van der Waals surface area contributed by atoms with Gasteiger partial charge in [0, 0.05) is 10.6 Å². The molecule has 1 heterocycles. The van der Waals surface area contributed by atoms with E-state index in [-0.39, 0.29) is 5.69 Å². The van der Waals surface area contributed by atoms with Crippen LogP contribution in [0.15, 0.2) is 48.5 Å². The molecule has 104 valence electrons. The third-order valence-electron chi connectivity index (χ3n) is 3.18. The molecule has 5 heteroatoms. The number of aldehydes is 1. The van der Waals surface area contributed by atoms with Gasteiger partial charge >= 0.3 is 0 Å². The Bertz CT molecular complexity index is 794. The van der Waals surface area contributed by atoms with Gasteiger partial charge in [-0.15, -0.1) is 5.10 Å². The zero-order valence-corrected chi connectivity index (χ0v) is 12.1. The summed E-state index contributed by atoms with van der Waals surface area (Å²) in [6.45, 7) is 2.01. The van der Waals surface area contributed by atoms with Gasteiger partial charge in [0.25, 0.3) is 0 Å². The molecule has 0 bridgehead atoms. The first-order chi connectivity index (χ1) is 10.2. The average molecular weight is 298 g/mol. The minimum absolute atomic E-state index is 0.290. The van der Waals surface area contributed by atoms with Crippen molar-refractivity contribution in [2.24, 2.45) is 0 Å². The fraction of sp³-hybridized carbons (Fsp3) is 0.0625. The minimum atomic E-state index is 0.290. The van der Waals surface area contributed by atoms with Crippen LogP contribution < -0.4 is 0 Å². The van der Waals surface area contributed by atoms with E-state index in [1.54, 1.807) is 16.8 Å². The summed E-state index contributed by atoms with van der Waals surface area (Å²) in [6.07, 6.45) is 0.702. The van der Waals surface area contributed by atoms with Crippen LogP contribution in [-0.2, 0) is 0 Å². The molecule has 0 amide bonds. The molecule has 0 fully saturated rings. The molecule has 0 saturated carbocycles. The van der Waals surface area contributed by atoms with Crippen LogP contribution in [0.2, 0.25) is 5.02 Å². The van der Waals surface area contributed by atoms with Gasteiger partial charge in [0.05, 0.1) is 5.69 Å². The molecule has 0 atom stereocenters. The number of benzene rings is 2. The van der Waals surface area contributed by atoms with Crippen molar-refractivity contribution in [3.63, 3.8) is 0 Å². The van der Waals surface area contributed by atoms with Crippen molar-refractivity contribution >= 4 is 17.9 Å². The Kier molecular flexibility index (Phi) is 3.54. The molecule has 0 aliphatic heterocycles. The molecular weight excluding hydrogens is 286 g/mol. The van der Waals surface area contributed by atoms with Gasteiger partial charge in [0.1, 0.15) is 5.69 Å². The van der Waals surface area contributed by atoms with Crippen molar-refractivity contribution in [1.82, 2.24) is 15.0 Å². The van der Waals surface area contributed by atoms with Crippen molar-refractivity contribution in [3.05, 3.63) is 64.8 Å². The lowest BCUT2D eigenvalue weighted by atomic mass is 10.1. The van der Waals surface area contributed by atoms with E-state index in [1.165, 1.54) is 0 Å². The zero-order chi connectivity index (χ0) is 14.8. The summed E-state index contributed by atoms with van der Waals surface area (Å²) in [5, 5.41) is 8.62. The van der Waals surface area contributed by atoms with E-state index >= 15 is 0 Å². The Morgan fingerprint density at radius 2 is 1.90 bits per heavy atom. The first kappa shape index (κ1) is 13.5. The van der Waals surface area contributed by atoms with Crippen LogP contribution in [0.4, 0.5) is 0 Å². The van der Waals surface area contributed by atoms with Gasteiger partial charge in [-0.1, -0.05) is 46.6 Å². The van der Waals surface area contributed by atoms with Crippen molar-refractivity contribution in [3.8, 4) is 16.9 Å². The fourth-order valence-corrected chi connectivity index (χ4v) is 2.34. The predicted octanol–water partition coefficient (Wildman–Crippen LogP) is 3.71. The van der Waals surface area contributed by atoms with Crippen LogP contribution in [0, 0.1) is 6.92 Å². The highest BCUT2D eigenvalue weighted by atomic mass is 35.5. The number of aromatic nitrogens is 3. The molecule has 0 saturated heterocycles. The number of rotatable bonds is 3. The van der Waals surface area contributed by atoms with Gasteiger partial charge in [0.15, 0.2) is 12.0 Å². The lowest BCUT2D eigenvalue weighted by Crippen LogP contribution is -2.00. The number of hydrogen-bond donors (Lipinski definition) is 0. The van der Waals surface area contributed by atoms with Crippen LogP contribution in [0.5, 0.6) is 0 Å². The molecule has 0 unspecified atom stereocenters. The maximum absolute atomic E-state index is 11.2. The zero-order valence-electron chi connectivity index (χ0n) is 11.3. The molecule has 1 aromatic heterocycles. The van der Waals surface area contributed by atoms with E-state index in [0.29, 0.717) is 17.0 Å². The number of carbonyl (C=O) groups is 1. The van der Waals surface area contributed by atoms with Crippen LogP contribution in [0.1, 0.15) is 16.1 Å². The van der Waals surface area contributed by atoms with E-state index in [0.717, 1.165) is 16.8 Å². The van der Waals surface area contributed by atoms with Gasteiger partial charge < -0.3 is 0 Å². The van der Waals surface area contributed by atoms with Crippen LogP contribution in [-0.4, -0.2) is 21.3 Å². The van der Waals surface area contributed by atoms with Gasteiger partial charge in [-0.2, -0.15) is 0 Å². The molecule has 0 aliphatic rings. The molecule has 0 spiro atoms. The van der Waals surface area contributed by atoms with Gasteiger partial charge in [-0.3, -0.25) is 4.79 Å². The lowest BCUT2D eigenvalue weighted by molar-refractivity contribution is 0.111. The van der Waals surface area contributed by atoms with Crippen molar-refractivity contribution < 1.29 is 4.79 Å². The summed E-state index contributed by atoms with van der Waals surface area (Å²) < 4.78 is 1.65. The molecule has 2 aromatic carbocycles. The lowest BCUT2D eigenvalue weighted by Gasteiger charge is -2.07. The smallest absolute Gasteiger partial charge is 0.172 e. The quantitative estimate of drug-likeness (QED) is 0.692. The largest absolute Gasteiger partial charge is 0.296 e. The average Bonchev–Trinajstić information content (AvgIpc) is 2.92. The summed E-state index contributed by atoms with van der Waals surface area (Å²) in [5.41, 5.74) is 3.72. The number of carbonyl (C=O) groups excluding carboxylic acids is 1. The molecule has 0 N–H and O–H groups in total. The van der Waals surface area contributed by atoms with E-state index < -0.39 is 0 Å². The highest BCUT2D eigenvalue weighted by Gasteiger charge is 2.16. The molecular formula is C16H12ClN3O. The normalized spacial score (nSPS) is 10.6. The molecule has 0 aliphatic carbocycles. The standard InChI is InChI=1S/C16H12ClN3O/c1-11-5-7-14(8-6-11)20-16(15(10-21)18-19-20)12-3-2-4-13(17)9-12/h2-10H,1H3. The van der Waals surface area contributed by atoms with E-state index in [9.17, 15) is 4.79 Å². The summed E-state index contributed by atoms with van der Waals surface area (Å²) in [4.78, 5) is 11.2. The van der Waals surface area contributed by atoms with Crippen molar-refractivity contribution in [2.45, 2.75) is 6.92 Å². The SMILES string of the molecule is Cc1ccc(-n2nnc(C=O)c2-c2cccc(Cl)c2)cc1. The highest BCUT2D eigenvalue weighted by Crippen LogP contribution is 2.26. The van der Waals surface area contributed by atoms with Gasteiger partial charge in [-0.05, 0) is 31.2 Å². The number of aryl methyl sites for hydroxylation is 1. The summed E-state index contributed by atoms with van der Waals surface area (Å²) >= 11 is 6.04. The maximum atomic E-state index is 11.2. The van der Waals surface area contributed by atoms with Gasteiger partial charge in [-0.25, -0.2) is 4.68 Å². The predicted molar refractivity (Wildman–Crippen MR) is 81.9 cm³/mol. The van der Waals surface area contributed by atoms with Crippen LogP contribution >= 0.6 is 11.6 Å². The van der Waals surface area contributed by atoms with Gasteiger partial charge in [0.2, 0.25) is 0 Å². The summed E-state index contributed by atoms with van der Waals surface area (Å²) in [7, 11) is 0. The molecule has 0 radical (unpaired) electrons. The van der Waals surface area contributed by atoms with E-state index in [2.05, 4.69) is 10.3 Å². The Morgan fingerprint density at radius 1 is 1.14 bits per heavy atom. The Morgan fingerprint density at radius 3 is 2.57 bits per heavy atom. The first-order valence-corrected chi connectivity index (χ1v) is 6.80. The third-order valence-corrected chi connectivity index (χ3v) is 3.42. The van der Waals surface area contributed by atoms with Crippen molar-refractivity contribution in [1.29, 1.82) is 0 Å². The molecule has 3 rings (SSSR count). The molecule has 4 nitrogen and oxygen atoms in total.